The first kappa shape index (κ1) is 17.7. The molecule has 4 nitrogen and oxygen atoms in total. The normalized spacial score (nSPS) is 19.4. The molecular formula is C25H22N2O2. The van der Waals surface area contributed by atoms with Crippen LogP contribution in [0, 0.1) is 6.92 Å². The van der Waals surface area contributed by atoms with E-state index in [1.807, 2.05) is 67.6 Å². The van der Waals surface area contributed by atoms with Gasteiger partial charge in [-0.15, -0.1) is 0 Å². The van der Waals surface area contributed by atoms with Gasteiger partial charge in [0.15, 0.2) is 0 Å². The van der Waals surface area contributed by atoms with Crippen molar-refractivity contribution < 1.29 is 9.59 Å². The third-order valence-electron chi connectivity index (χ3n) is 6.12. The van der Waals surface area contributed by atoms with Gasteiger partial charge >= 0.3 is 0 Å². The van der Waals surface area contributed by atoms with Gasteiger partial charge in [0.1, 0.15) is 0 Å². The molecule has 0 saturated carbocycles. The smallest absolute Gasteiger partial charge is 0.252 e. The van der Waals surface area contributed by atoms with Crippen LogP contribution < -0.4 is 10.6 Å². The van der Waals surface area contributed by atoms with Crippen molar-refractivity contribution in [1.82, 2.24) is 5.32 Å². The van der Waals surface area contributed by atoms with Gasteiger partial charge in [-0.25, -0.2) is 0 Å². The SMILES string of the molecule is Cc1ccccc1C1NC(=O)c2cccc(NC(=O)C3CCc4ccccc43)c21. The third-order valence-corrected chi connectivity index (χ3v) is 6.12. The summed E-state index contributed by atoms with van der Waals surface area (Å²) in [6, 6.07) is 21.5. The van der Waals surface area contributed by atoms with Gasteiger partial charge in [-0.3, -0.25) is 9.59 Å². The number of nitrogens with one attached hydrogen (secondary N) is 2. The fraction of sp³-hybridized carbons (Fsp3) is 0.200. The van der Waals surface area contributed by atoms with Crippen LogP contribution in [0.25, 0.3) is 0 Å². The zero-order valence-corrected chi connectivity index (χ0v) is 16.2. The predicted octanol–water partition coefficient (Wildman–Crippen LogP) is 4.50. The number of anilines is 1. The fourth-order valence-electron chi connectivity index (χ4n) is 4.66. The van der Waals surface area contributed by atoms with Gasteiger partial charge in [-0.05, 0) is 54.2 Å². The lowest BCUT2D eigenvalue weighted by Gasteiger charge is -2.19. The first-order valence-corrected chi connectivity index (χ1v) is 10.0. The lowest BCUT2D eigenvalue weighted by Crippen LogP contribution is -2.22. The fourth-order valence-corrected chi connectivity index (χ4v) is 4.66. The molecule has 1 aliphatic carbocycles. The Morgan fingerprint density at radius 1 is 0.966 bits per heavy atom. The molecule has 0 bridgehead atoms. The van der Waals surface area contributed by atoms with E-state index >= 15 is 0 Å². The summed E-state index contributed by atoms with van der Waals surface area (Å²) < 4.78 is 0. The van der Waals surface area contributed by atoms with Crippen molar-refractivity contribution >= 4 is 17.5 Å². The van der Waals surface area contributed by atoms with Crippen molar-refractivity contribution in [2.24, 2.45) is 0 Å². The summed E-state index contributed by atoms with van der Waals surface area (Å²) in [7, 11) is 0. The summed E-state index contributed by atoms with van der Waals surface area (Å²) in [5.74, 6) is -0.258. The maximum atomic E-state index is 13.2. The molecule has 3 aromatic rings. The Morgan fingerprint density at radius 2 is 1.72 bits per heavy atom. The molecule has 0 aromatic heterocycles. The average molecular weight is 382 g/mol. The molecule has 0 spiro atoms. The molecular weight excluding hydrogens is 360 g/mol. The number of carbonyl (C=O) groups excluding carboxylic acids is 2. The van der Waals surface area contributed by atoms with E-state index in [-0.39, 0.29) is 23.8 Å². The Kier molecular flexibility index (Phi) is 4.20. The van der Waals surface area contributed by atoms with Crippen LogP contribution in [0.4, 0.5) is 5.69 Å². The number of carbonyl (C=O) groups is 2. The lowest BCUT2D eigenvalue weighted by molar-refractivity contribution is -0.117. The molecule has 1 aliphatic heterocycles. The minimum absolute atomic E-state index is 0.00812. The highest BCUT2D eigenvalue weighted by Gasteiger charge is 2.34. The molecule has 0 radical (unpaired) electrons. The largest absolute Gasteiger partial charge is 0.341 e. The minimum Gasteiger partial charge on any atom is -0.341 e. The van der Waals surface area contributed by atoms with Gasteiger partial charge in [0.05, 0.1) is 12.0 Å². The van der Waals surface area contributed by atoms with Crippen molar-refractivity contribution in [2.45, 2.75) is 31.7 Å². The Labute approximate surface area is 170 Å². The number of amides is 2. The van der Waals surface area contributed by atoms with Crippen LogP contribution in [0.15, 0.2) is 66.7 Å². The third kappa shape index (κ3) is 2.92. The van der Waals surface area contributed by atoms with Gasteiger partial charge in [0, 0.05) is 16.8 Å². The number of benzene rings is 3. The number of hydrogen-bond donors (Lipinski definition) is 2. The maximum Gasteiger partial charge on any atom is 0.252 e. The molecule has 2 atom stereocenters. The van der Waals surface area contributed by atoms with Crippen molar-refractivity contribution in [3.05, 3.63) is 100 Å². The van der Waals surface area contributed by atoms with Crippen LogP contribution in [0.1, 0.15) is 56.6 Å². The Balaban J connectivity index is 1.51. The summed E-state index contributed by atoms with van der Waals surface area (Å²) in [6.45, 7) is 2.04. The molecule has 2 unspecified atom stereocenters. The number of rotatable bonds is 3. The summed E-state index contributed by atoms with van der Waals surface area (Å²) in [4.78, 5) is 25.7. The second-order valence-corrected chi connectivity index (χ2v) is 7.81. The van der Waals surface area contributed by atoms with Gasteiger partial charge in [-0.2, -0.15) is 0 Å². The molecule has 4 heteroatoms. The van der Waals surface area contributed by atoms with Gasteiger partial charge in [-0.1, -0.05) is 54.6 Å². The van der Waals surface area contributed by atoms with Crippen molar-refractivity contribution in [2.75, 3.05) is 5.32 Å². The van der Waals surface area contributed by atoms with E-state index in [0.29, 0.717) is 11.3 Å². The monoisotopic (exact) mass is 382 g/mol. The predicted molar refractivity (Wildman–Crippen MR) is 113 cm³/mol. The van der Waals surface area contributed by atoms with Gasteiger partial charge in [0.2, 0.25) is 5.91 Å². The van der Waals surface area contributed by atoms with Crippen molar-refractivity contribution in [1.29, 1.82) is 0 Å². The molecule has 2 amide bonds. The lowest BCUT2D eigenvalue weighted by atomic mass is 9.93. The molecule has 0 fully saturated rings. The standard InChI is InChI=1S/C25H22N2O2/c1-15-7-2-4-9-17(15)23-22-20(25(29)27-23)11-6-12-21(22)26-24(28)19-14-13-16-8-3-5-10-18(16)19/h2-12,19,23H,13-14H2,1H3,(H,26,28)(H,27,29). The zero-order valence-electron chi connectivity index (χ0n) is 16.2. The summed E-state index contributed by atoms with van der Waals surface area (Å²) in [5.41, 5.74) is 6.71. The van der Waals surface area contributed by atoms with E-state index < -0.39 is 0 Å². The van der Waals surface area contributed by atoms with E-state index in [1.54, 1.807) is 0 Å². The Morgan fingerprint density at radius 3 is 2.55 bits per heavy atom. The number of hydrogen-bond acceptors (Lipinski definition) is 2. The quantitative estimate of drug-likeness (QED) is 0.701. The second kappa shape index (κ2) is 6.89. The van der Waals surface area contributed by atoms with Crippen LogP contribution in [0.3, 0.4) is 0 Å². The molecule has 3 aromatic carbocycles. The van der Waals surface area contributed by atoms with Crippen molar-refractivity contribution in [3.63, 3.8) is 0 Å². The Hall–Kier alpha value is -3.40. The van der Waals surface area contributed by atoms with E-state index in [2.05, 4.69) is 16.7 Å². The van der Waals surface area contributed by atoms with E-state index in [1.165, 1.54) is 5.56 Å². The number of aryl methyl sites for hydroxylation is 2. The molecule has 5 rings (SSSR count). The average Bonchev–Trinajstić information content (AvgIpc) is 3.31. The zero-order chi connectivity index (χ0) is 20.0. The number of fused-ring (bicyclic) bond motifs is 2. The van der Waals surface area contributed by atoms with Crippen LogP contribution in [-0.4, -0.2) is 11.8 Å². The van der Waals surface area contributed by atoms with Gasteiger partial charge < -0.3 is 10.6 Å². The minimum atomic E-state index is -0.258. The van der Waals surface area contributed by atoms with Crippen molar-refractivity contribution in [3.8, 4) is 0 Å². The molecule has 2 aliphatic rings. The van der Waals surface area contributed by atoms with Crippen LogP contribution in [-0.2, 0) is 11.2 Å². The van der Waals surface area contributed by atoms with Crippen LogP contribution >= 0.6 is 0 Å². The van der Waals surface area contributed by atoms with Crippen LogP contribution in [0.5, 0.6) is 0 Å². The molecule has 29 heavy (non-hydrogen) atoms. The van der Waals surface area contributed by atoms with Gasteiger partial charge in [0.25, 0.3) is 5.91 Å². The van der Waals surface area contributed by atoms with Crippen LogP contribution in [0.2, 0.25) is 0 Å². The highest BCUT2D eigenvalue weighted by Crippen LogP contribution is 2.39. The second-order valence-electron chi connectivity index (χ2n) is 7.81. The first-order valence-electron chi connectivity index (χ1n) is 10.0. The molecule has 144 valence electrons. The summed E-state index contributed by atoms with van der Waals surface area (Å²) >= 11 is 0. The highest BCUT2D eigenvalue weighted by molar-refractivity contribution is 6.04. The first-order chi connectivity index (χ1) is 14.1. The molecule has 0 saturated heterocycles. The van der Waals surface area contributed by atoms with E-state index in [9.17, 15) is 9.59 Å². The van der Waals surface area contributed by atoms with E-state index in [4.69, 9.17) is 0 Å². The van der Waals surface area contributed by atoms with E-state index in [0.717, 1.165) is 35.1 Å². The highest BCUT2D eigenvalue weighted by atomic mass is 16.2. The molecule has 2 N–H and O–H groups in total. The summed E-state index contributed by atoms with van der Waals surface area (Å²) in [5, 5.41) is 6.22. The maximum absolute atomic E-state index is 13.2. The topological polar surface area (TPSA) is 58.2 Å². The summed E-state index contributed by atoms with van der Waals surface area (Å²) in [6.07, 6.45) is 1.74. The Bertz CT molecular complexity index is 1140. The molecule has 1 heterocycles.